The maximum atomic E-state index is 11.7. The van der Waals surface area contributed by atoms with Crippen LogP contribution in [0.5, 0.6) is 0 Å². The van der Waals surface area contributed by atoms with Crippen molar-refractivity contribution in [1.82, 2.24) is 14.9 Å². The van der Waals surface area contributed by atoms with Crippen molar-refractivity contribution >= 4 is 15.7 Å². The standard InChI is InChI=1S/C12H16N4O2S/c1-2-16-19(17,18)12-5-3-11(4-6-12)13-7-10-8-14-15-9-10/h3-6,8-9,13,16H,2,7H2,1H3,(H,14,15). The van der Waals surface area contributed by atoms with Crippen LogP contribution in [0.25, 0.3) is 0 Å². The van der Waals surface area contributed by atoms with E-state index in [2.05, 4.69) is 20.2 Å². The summed E-state index contributed by atoms with van der Waals surface area (Å²) in [5, 5.41) is 9.76. The highest BCUT2D eigenvalue weighted by Crippen LogP contribution is 2.14. The number of rotatable bonds is 6. The maximum absolute atomic E-state index is 11.7. The Morgan fingerprint density at radius 1 is 1.26 bits per heavy atom. The number of benzene rings is 1. The first-order valence-corrected chi connectivity index (χ1v) is 7.41. The fourth-order valence-corrected chi connectivity index (χ4v) is 2.64. The Kier molecular flexibility index (Phi) is 4.18. The van der Waals surface area contributed by atoms with E-state index in [-0.39, 0.29) is 4.90 Å². The Morgan fingerprint density at radius 3 is 2.58 bits per heavy atom. The van der Waals surface area contributed by atoms with E-state index in [4.69, 9.17) is 0 Å². The highest BCUT2D eigenvalue weighted by molar-refractivity contribution is 7.89. The van der Waals surface area contributed by atoms with Crippen molar-refractivity contribution in [1.29, 1.82) is 0 Å². The lowest BCUT2D eigenvalue weighted by Crippen LogP contribution is -2.23. The number of sulfonamides is 1. The van der Waals surface area contributed by atoms with Crippen LogP contribution in [-0.4, -0.2) is 25.2 Å². The van der Waals surface area contributed by atoms with E-state index in [1.807, 2.05) is 0 Å². The smallest absolute Gasteiger partial charge is 0.240 e. The number of aromatic nitrogens is 2. The van der Waals surface area contributed by atoms with Gasteiger partial charge in [0.15, 0.2) is 0 Å². The van der Waals surface area contributed by atoms with Gasteiger partial charge in [-0.3, -0.25) is 5.10 Å². The van der Waals surface area contributed by atoms with Gasteiger partial charge in [0.1, 0.15) is 0 Å². The largest absolute Gasteiger partial charge is 0.381 e. The maximum Gasteiger partial charge on any atom is 0.240 e. The normalized spacial score (nSPS) is 11.4. The second kappa shape index (κ2) is 5.85. The summed E-state index contributed by atoms with van der Waals surface area (Å²) in [5.74, 6) is 0. The molecule has 0 aliphatic rings. The minimum atomic E-state index is -3.38. The van der Waals surface area contributed by atoms with Crippen molar-refractivity contribution in [3.8, 4) is 0 Å². The Balaban J connectivity index is 2.02. The highest BCUT2D eigenvalue weighted by Gasteiger charge is 2.11. The van der Waals surface area contributed by atoms with Gasteiger partial charge < -0.3 is 5.32 Å². The number of hydrogen-bond donors (Lipinski definition) is 3. The van der Waals surface area contributed by atoms with Crippen LogP contribution in [0.4, 0.5) is 5.69 Å². The van der Waals surface area contributed by atoms with Gasteiger partial charge in [0.2, 0.25) is 10.0 Å². The van der Waals surface area contributed by atoms with Crippen LogP contribution in [0.15, 0.2) is 41.6 Å². The molecule has 0 saturated carbocycles. The molecule has 1 aromatic carbocycles. The number of nitrogens with one attached hydrogen (secondary N) is 3. The van der Waals surface area contributed by atoms with E-state index < -0.39 is 10.0 Å². The first-order chi connectivity index (χ1) is 9.12. The molecule has 0 fully saturated rings. The predicted molar refractivity (Wildman–Crippen MR) is 73.2 cm³/mol. The van der Waals surface area contributed by atoms with Gasteiger partial charge in [-0.2, -0.15) is 5.10 Å². The molecule has 0 atom stereocenters. The van der Waals surface area contributed by atoms with Crippen molar-refractivity contribution in [2.75, 3.05) is 11.9 Å². The summed E-state index contributed by atoms with van der Waals surface area (Å²) in [6.07, 6.45) is 3.54. The fourth-order valence-electron chi connectivity index (χ4n) is 1.60. The van der Waals surface area contributed by atoms with Crippen LogP contribution in [0.1, 0.15) is 12.5 Å². The van der Waals surface area contributed by atoms with Crippen LogP contribution in [0.2, 0.25) is 0 Å². The molecule has 0 unspecified atom stereocenters. The fraction of sp³-hybridized carbons (Fsp3) is 0.250. The van der Waals surface area contributed by atoms with Crippen LogP contribution >= 0.6 is 0 Å². The van der Waals surface area contributed by atoms with Gasteiger partial charge in [-0.25, -0.2) is 13.1 Å². The highest BCUT2D eigenvalue weighted by atomic mass is 32.2. The third kappa shape index (κ3) is 3.55. The Morgan fingerprint density at radius 2 is 2.00 bits per heavy atom. The SMILES string of the molecule is CCNS(=O)(=O)c1ccc(NCc2cn[nH]c2)cc1. The molecule has 0 radical (unpaired) electrons. The molecule has 0 aliphatic heterocycles. The van der Waals surface area contributed by atoms with E-state index in [9.17, 15) is 8.42 Å². The van der Waals surface area contributed by atoms with Gasteiger partial charge in [0.05, 0.1) is 11.1 Å². The molecule has 3 N–H and O–H groups in total. The van der Waals surface area contributed by atoms with E-state index in [0.29, 0.717) is 13.1 Å². The minimum absolute atomic E-state index is 0.267. The van der Waals surface area contributed by atoms with Crippen LogP contribution in [0, 0.1) is 0 Å². The Bertz CT molecular complexity index is 606. The van der Waals surface area contributed by atoms with Crippen molar-refractivity contribution in [2.45, 2.75) is 18.4 Å². The molecule has 102 valence electrons. The van der Waals surface area contributed by atoms with Gasteiger partial charge in [0.25, 0.3) is 0 Å². The number of aromatic amines is 1. The number of H-pyrrole nitrogens is 1. The molecule has 0 spiro atoms. The van der Waals surface area contributed by atoms with Crippen molar-refractivity contribution in [3.63, 3.8) is 0 Å². The lowest BCUT2D eigenvalue weighted by Gasteiger charge is -2.07. The first-order valence-electron chi connectivity index (χ1n) is 5.93. The Hall–Kier alpha value is -1.86. The van der Waals surface area contributed by atoms with Gasteiger partial charge >= 0.3 is 0 Å². The summed E-state index contributed by atoms with van der Waals surface area (Å²) in [6, 6.07) is 6.64. The van der Waals surface area contributed by atoms with Crippen LogP contribution in [-0.2, 0) is 16.6 Å². The van der Waals surface area contributed by atoms with Gasteiger partial charge in [-0.15, -0.1) is 0 Å². The summed E-state index contributed by atoms with van der Waals surface area (Å²) < 4.78 is 25.9. The zero-order valence-electron chi connectivity index (χ0n) is 10.6. The second-order valence-corrected chi connectivity index (χ2v) is 5.75. The quantitative estimate of drug-likeness (QED) is 0.745. The molecule has 1 aromatic heterocycles. The number of anilines is 1. The van der Waals surface area contributed by atoms with E-state index in [1.54, 1.807) is 43.6 Å². The van der Waals surface area contributed by atoms with Gasteiger partial charge in [-0.1, -0.05) is 6.92 Å². The summed E-state index contributed by atoms with van der Waals surface area (Å²) in [5.41, 5.74) is 1.89. The lowest BCUT2D eigenvalue weighted by molar-refractivity contribution is 0.584. The van der Waals surface area contributed by atoms with Crippen molar-refractivity contribution in [2.24, 2.45) is 0 Å². The zero-order chi connectivity index (χ0) is 13.7. The first kappa shape index (κ1) is 13.6. The molecule has 0 bridgehead atoms. The van der Waals surface area contributed by atoms with E-state index in [0.717, 1.165) is 11.3 Å². The summed E-state index contributed by atoms with van der Waals surface area (Å²) in [6.45, 7) is 2.76. The molecule has 6 nitrogen and oxygen atoms in total. The monoisotopic (exact) mass is 280 g/mol. The minimum Gasteiger partial charge on any atom is -0.381 e. The second-order valence-electron chi connectivity index (χ2n) is 3.99. The Labute approximate surface area is 112 Å². The van der Waals surface area contributed by atoms with Gasteiger partial charge in [0, 0.05) is 30.5 Å². The molecular weight excluding hydrogens is 264 g/mol. The van der Waals surface area contributed by atoms with E-state index in [1.165, 1.54) is 0 Å². The predicted octanol–water partition coefficient (Wildman–Crippen LogP) is 1.32. The third-order valence-corrected chi connectivity index (χ3v) is 4.11. The number of hydrogen-bond acceptors (Lipinski definition) is 4. The average Bonchev–Trinajstić information content (AvgIpc) is 2.90. The van der Waals surface area contributed by atoms with Crippen LogP contribution < -0.4 is 10.0 Å². The van der Waals surface area contributed by atoms with Crippen molar-refractivity contribution in [3.05, 3.63) is 42.2 Å². The molecule has 19 heavy (non-hydrogen) atoms. The number of nitrogens with zero attached hydrogens (tertiary/aromatic N) is 1. The molecule has 0 saturated heterocycles. The summed E-state index contributed by atoms with van der Waals surface area (Å²) >= 11 is 0. The van der Waals surface area contributed by atoms with E-state index >= 15 is 0 Å². The molecular formula is C12H16N4O2S. The van der Waals surface area contributed by atoms with Crippen molar-refractivity contribution < 1.29 is 8.42 Å². The molecule has 7 heteroatoms. The summed E-state index contributed by atoms with van der Waals surface area (Å²) in [7, 11) is -3.38. The lowest BCUT2D eigenvalue weighted by atomic mass is 10.3. The average molecular weight is 280 g/mol. The molecule has 0 aliphatic carbocycles. The molecule has 1 heterocycles. The van der Waals surface area contributed by atoms with Gasteiger partial charge in [-0.05, 0) is 24.3 Å². The summed E-state index contributed by atoms with van der Waals surface area (Å²) in [4.78, 5) is 0.267. The molecule has 2 rings (SSSR count). The topological polar surface area (TPSA) is 86.9 Å². The molecule has 0 amide bonds. The van der Waals surface area contributed by atoms with Crippen LogP contribution in [0.3, 0.4) is 0 Å². The molecule has 2 aromatic rings. The third-order valence-electron chi connectivity index (χ3n) is 2.55. The zero-order valence-corrected chi connectivity index (χ0v) is 11.4.